The van der Waals surface area contributed by atoms with Crippen LogP contribution in [0.2, 0.25) is 0 Å². The van der Waals surface area contributed by atoms with Crippen LogP contribution in [0.3, 0.4) is 0 Å². The van der Waals surface area contributed by atoms with Crippen LogP contribution in [0.5, 0.6) is 5.88 Å². The quantitative estimate of drug-likeness (QED) is 0.723. The van der Waals surface area contributed by atoms with Crippen LogP contribution in [-0.2, 0) is 19.7 Å². The Morgan fingerprint density at radius 1 is 1.30 bits per heavy atom. The average Bonchev–Trinajstić information content (AvgIpc) is 2.99. The van der Waals surface area contributed by atoms with E-state index in [1.165, 1.54) is 6.07 Å². The van der Waals surface area contributed by atoms with Crippen LogP contribution in [0.15, 0.2) is 24.3 Å². The van der Waals surface area contributed by atoms with E-state index in [1.807, 2.05) is 13.1 Å². The van der Waals surface area contributed by atoms with E-state index in [9.17, 15) is 13.2 Å². The topological polar surface area (TPSA) is 39.1 Å². The fourth-order valence-corrected chi connectivity index (χ4v) is 3.65. The van der Waals surface area contributed by atoms with Crippen molar-refractivity contribution in [2.45, 2.75) is 51.3 Å². The number of ether oxygens (including phenoxy) is 1. The molecule has 0 aliphatic heterocycles. The van der Waals surface area contributed by atoms with Gasteiger partial charge in [0.05, 0.1) is 5.69 Å². The van der Waals surface area contributed by atoms with Gasteiger partial charge < -0.3 is 10.1 Å². The van der Waals surface area contributed by atoms with E-state index >= 15 is 0 Å². The van der Waals surface area contributed by atoms with Gasteiger partial charge in [0.25, 0.3) is 0 Å². The minimum atomic E-state index is -2.54. The average molecular weight is 399 g/mol. The Kier molecular flexibility index (Phi) is 6.43. The van der Waals surface area contributed by atoms with Crippen molar-refractivity contribution >= 4 is 14.5 Å². The molecule has 3 rings (SSSR count). The van der Waals surface area contributed by atoms with Crippen molar-refractivity contribution in [1.82, 2.24) is 15.1 Å². The first kappa shape index (κ1) is 20.2. The third-order valence-corrected chi connectivity index (χ3v) is 5.22. The van der Waals surface area contributed by atoms with E-state index in [-0.39, 0.29) is 31.2 Å². The predicted molar refractivity (Wildman–Crippen MR) is 102 cm³/mol. The van der Waals surface area contributed by atoms with Gasteiger partial charge in [-0.2, -0.15) is 5.10 Å². The Morgan fingerprint density at radius 3 is 2.74 bits per heavy atom. The van der Waals surface area contributed by atoms with Gasteiger partial charge in [-0.25, -0.2) is 17.9 Å². The molecule has 0 spiro atoms. The van der Waals surface area contributed by atoms with Gasteiger partial charge in [-0.3, -0.25) is 0 Å². The molecule has 1 heterocycles. The summed E-state index contributed by atoms with van der Waals surface area (Å²) in [6.07, 6.45) is 0.782. The lowest BCUT2D eigenvalue weighted by atomic mass is 9.87. The fraction of sp³-hybridized carbons (Fsp3) is 0.526. The molecule has 1 saturated carbocycles. The van der Waals surface area contributed by atoms with Crippen LogP contribution in [-0.4, -0.2) is 22.8 Å². The highest BCUT2D eigenvalue weighted by Gasteiger charge is 2.35. The van der Waals surface area contributed by atoms with Crippen LogP contribution in [0.4, 0.5) is 13.2 Å². The summed E-state index contributed by atoms with van der Waals surface area (Å²) < 4.78 is 48.3. The molecule has 1 N–H and O–H groups in total. The van der Waals surface area contributed by atoms with Gasteiger partial charge in [-0.15, -0.1) is 9.24 Å². The summed E-state index contributed by atoms with van der Waals surface area (Å²) in [5.41, 5.74) is 1.26. The smallest absolute Gasteiger partial charge is 0.248 e. The second kappa shape index (κ2) is 8.61. The number of aromatic nitrogens is 2. The molecule has 1 aromatic heterocycles. The zero-order valence-electron chi connectivity index (χ0n) is 15.4. The van der Waals surface area contributed by atoms with Gasteiger partial charge in [0.2, 0.25) is 11.8 Å². The van der Waals surface area contributed by atoms with Gasteiger partial charge in [-0.1, -0.05) is 6.07 Å². The van der Waals surface area contributed by atoms with Crippen molar-refractivity contribution < 1.29 is 17.9 Å². The second-order valence-corrected chi connectivity index (χ2v) is 7.79. The maximum absolute atomic E-state index is 14.0. The lowest BCUT2D eigenvalue weighted by Crippen LogP contribution is -2.27. The molecule has 1 aliphatic rings. The highest BCUT2D eigenvalue weighted by atomic mass is 31.0. The number of nitrogens with one attached hydrogen (secondary N) is 1. The van der Waals surface area contributed by atoms with E-state index < -0.39 is 5.92 Å². The van der Waals surface area contributed by atoms with Crippen molar-refractivity contribution in [3.8, 4) is 5.88 Å². The Balaban J connectivity index is 1.71. The van der Waals surface area contributed by atoms with Crippen LogP contribution < -0.4 is 15.4 Å². The van der Waals surface area contributed by atoms with E-state index in [2.05, 4.69) is 19.7 Å². The lowest BCUT2D eigenvalue weighted by molar-refractivity contribution is -0.0478. The Bertz CT molecular complexity index is 772. The summed E-state index contributed by atoms with van der Waals surface area (Å²) in [6.45, 7) is 1.18. The minimum absolute atomic E-state index is 0.0787. The second-order valence-electron chi connectivity index (χ2n) is 7.13. The molecule has 27 heavy (non-hydrogen) atoms. The monoisotopic (exact) mass is 399 g/mol. The number of hydrogen-bond acceptors (Lipinski definition) is 3. The molecule has 0 bridgehead atoms. The molecule has 8 heteroatoms. The summed E-state index contributed by atoms with van der Waals surface area (Å²) in [7, 11) is 4.36. The number of hydrogen-bond donors (Lipinski definition) is 1. The van der Waals surface area contributed by atoms with Gasteiger partial charge in [0.15, 0.2) is 0 Å². The van der Waals surface area contributed by atoms with Crippen LogP contribution in [0.1, 0.15) is 36.9 Å². The number of halogens is 3. The summed E-state index contributed by atoms with van der Waals surface area (Å²) >= 11 is 0. The zero-order chi connectivity index (χ0) is 19.4. The largest absolute Gasteiger partial charge is 0.473 e. The van der Waals surface area contributed by atoms with Crippen LogP contribution >= 0.6 is 9.24 Å². The van der Waals surface area contributed by atoms with Crippen molar-refractivity contribution in [3.63, 3.8) is 0 Å². The molecule has 1 atom stereocenters. The Morgan fingerprint density at radius 2 is 2.04 bits per heavy atom. The summed E-state index contributed by atoms with van der Waals surface area (Å²) in [5.74, 6) is -2.19. The standard InChI is InChI=1S/C19H25F3N3OP/c1-23-10-15-9-18(26-12-14-8-16(27)2-3-17(14)20)25(24-15)11-13-4-6-19(21,22)7-5-13/h2-3,8-9,13,23H,4-7,10-12,27H2,1H3. The van der Waals surface area contributed by atoms with Crippen molar-refractivity contribution in [2.24, 2.45) is 5.92 Å². The van der Waals surface area contributed by atoms with Crippen molar-refractivity contribution in [1.29, 1.82) is 0 Å². The van der Waals surface area contributed by atoms with Gasteiger partial charge in [0, 0.05) is 37.6 Å². The highest BCUT2D eigenvalue weighted by Crippen LogP contribution is 2.37. The van der Waals surface area contributed by atoms with E-state index in [0.29, 0.717) is 37.4 Å². The Labute approximate surface area is 159 Å². The molecule has 1 aromatic carbocycles. The summed E-state index contributed by atoms with van der Waals surface area (Å²) in [6, 6.07) is 6.62. The molecule has 148 valence electrons. The molecule has 1 fully saturated rings. The van der Waals surface area contributed by atoms with Crippen LogP contribution in [0.25, 0.3) is 0 Å². The van der Waals surface area contributed by atoms with E-state index in [1.54, 1.807) is 16.8 Å². The number of alkyl halides is 2. The van der Waals surface area contributed by atoms with E-state index in [0.717, 1.165) is 11.0 Å². The van der Waals surface area contributed by atoms with Gasteiger partial charge >= 0.3 is 0 Å². The molecule has 1 unspecified atom stereocenters. The molecule has 0 amide bonds. The number of nitrogens with zero attached hydrogens (tertiary/aromatic N) is 2. The summed E-state index contributed by atoms with van der Waals surface area (Å²) in [5, 5.41) is 8.44. The molecule has 0 saturated heterocycles. The zero-order valence-corrected chi connectivity index (χ0v) is 16.5. The molecule has 2 aromatic rings. The number of rotatable bonds is 7. The van der Waals surface area contributed by atoms with Crippen LogP contribution in [0, 0.1) is 11.7 Å². The third-order valence-electron chi connectivity index (χ3n) is 4.86. The lowest BCUT2D eigenvalue weighted by Gasteiger charge is -2.28. The molecule has 4 nitrogen and oxygen atoms in total. The minimum Gasteiger partial charge on any atom is -0.473 e. The summed E-state index contributed by atoms with van der Waals surface area (Å²) in [4.78, 5) is 0. The number of benzene rings is 1. The SMILES string of the molecule is CNCc1cc(OCc2cc(P)ccc2F)n(CC2CCC(F)(F)CC2)n1. The normalized spacial score (nSPS) is 17.2. The Hall–Kier alpha value is -1.59. The molecule has 0 radical (unpaired) electrons. The van der Waals surface area contributed by atoms with Crippen molar-refractivity contribution in [3.05, 3.63) is 41.3 Å². The molecule has 1 aliphatic carbocycles. The molecular formula is C19H25F3N3OP. The fourth-order valence-electron chi connectivity index (χ4n) is 3.35. The van der Waals surface area contributed by atoms with Gasteiger partial charge in [-0.05, 0) is 43.2 Å². The highest BCUT2D eigenvalue weighted by molar-refractivity contribution is 7.27. The first-order chi connectivity index (χ1) is 12.9. The maximum Gasteiger partial charge on any atom is 0.248 e. The van der Waals surface area contributed by atoms with Gasteiger partial charge in [0.1, 0.15) is 12.4 Å². The third kappa shape index (κ3) is 5.45. The van der Waals surface area contributed by atoms with Crippen molar-refractivity contribution in [2.75, 3.05) is 7.05 Å². The molecular weight excluding hydrogens is 374 g/mol. The van der Waals surface area contributed by atoms with E-state index in [4.69, 9.17) is 4.74 Å². The first-order valence-corrected chi connectivity index (χ1v) is 9.70. The maximum atomic E-state index is 14.0. The predicted octanol–water partition coefficient (Wildman–Crippen LogP) is 3.65. The first-order valence-electron chi connectivity index (χ1n) is 9.12.